The molecule has 0 fully saturated rings. The van der Waals surface area contributed by atoms with E-state index in [1.54, 1.807) is 6.21 Å². The number of fused-ring (bicyclic) bond motifs is 1. The molecular formula is C9H11N5O3. The number of carbonyl (C=O) groups is 1. The van der Waals surface area contributed by atoms with Gasteiger partial charge in [0.15, 0.2) is 5.82 Å². The van der Waals surface area contributed by atoms with Gasteiger partial charge in [-0.05, 0) is 0 Å². The fraction of sp³-hybridized carbons (Fsp3) is 0.333. The quantitative estimate of drug-likeness (QED) is 0.521. The molecule has 2 heterocycles. The van der Waals surface area contributed by atoms with Gasteiger partial charge in [-0.25, -0.2) is 4.99 Å². The molecule has 0 aromatic carbocycles. The van der Waals surface area contributed by atoms with Gasteiger partial charge < -0.3 is 16.2 Å². The van der Waals surface area contributed by atoms with Gasteiger partial charge in [0.25, 0.3) is 5.56 Å². The van der Waals surface area contributed by atoms with Crippen LogP contribution in [0.2, 0.25) is 0 Å². The molecule has 1 atom stereocenters. The van der Waals surface area contributed by atoms with Gasteiger partial charge >= 0.3 is 5.97 Å². The highest BCUT2D eigenvalue weighted by molar-refractivity contribution is 5.79. The van der Waals surface area contributed by atoms with Crippen LogP contribution in [0.25, 0.3) is 0 Å². The molecule has 1 aliphatic rings. The summed E-state index contributed by atoms with van der Waals surface area (Å²) in [6, 6.07) is 0. The van der Waals surface area contributed by atoms with Crippen molar-refractivity contribution in [1.29, 1.82) is 0 Å². The van der Waals surface area contributed by atoms with Crippen molar-refractivity contribution in [1.82, 2.24) is 15.3 Å². The number of aliphatic imine (C=N–C) groups is 1. The molecule has 90 valence electrons. The van der Waals surface area contributed by atoms with Crippen LogP contribution in [0.5, 0.6) is 0 Å². The fourth-order valence-corrected chi connectivity index (χ4v) is 1.64. The minimum absolute atomic E-state index is 0.0186. The molecule has 0 amide bonds. The first-order valence-electron chi connectivity index (χ1n) is 4.94. The zero-order chi connectivity index (χ0) is 12.4. The van der Waals surface area contributed by atoms with Crippen LogP contribution in [0.4, 0.5) is 11.8 Å². The van der Waals surface area contributed by atoms with Gasteiger partial charge in [-0.2, -0.15) is 4.98 Å². The Morgan fingerprint density at radius 2 is 2.41 bits per heavy atom. The number of carboxylic acids is 1. The molecule has 5 N–H and O–H groups in total. The van der Waals surface area contributed by atoms with Crippen molar-refractivity contribution < 1.29 is 9.90 Å². The predicted octanol–water partition coefficient (Wildman–Crippen LogP) is -1.17. The van der Waals surface area contributed by atoms with Crippen molar-refractivity contribution in [3.63, 3.8) is 0 Å². The molecule has 17 heavy (non-hydrogen) atoms. The van der Waals surface area contributed by atoms with E-state index in [0.717, 1.165) is 0 Å². The number of hydrogen-bond acceptors (Lipinski definition) is 6. The average Bonchev–Trinajstić information content (AvgIpc) is 2.60. The maximum absolute atomic E-state index is 11.6. The molecule has 1 unspecified atom stereocenters. The topological polar surface area (TPSA) is 133 Å². The highest BCUT2D eigenvalue weighted by atomic mass is 16.4. The van der Waals surface area contributed by atoms with Gasteiger partial charge in [0, 0.05) is 18.7 Å². The Bertz CT molecular complexity index is 536. The Balaban J connectivity index is 2.14. The van der Waals surface area contributed by atoms with E-state index >= 15 is 0 Å². The van der Waals surface area contributed by atoms with Gasteiger partial charge in [-0.15, -0.1) is 0 Å². The third-order valence-corrected chi connectivity index (χ3v) is 2.34. The Morgan fingerprint density at radius 1 is 1.65 bits per heavy atom. The number of nitrogens with zero attached hydrogens (tertiary/aromatic N) is 2. The molecule has 0 radical (unpaired) electrons. The molecule has 8 nitrogen and oxygen atoms in total. The third kappa shape index (κ3) is 2.31. The van der Waals surface area contributed by atoms with Crippen molar-refractivity contribution in [2.24, 2.45) is 4.99 Å². The Hall–Kier alpha value is -2.22. The van der Waals surface area contributed by atoms with E-state index in [1.165, 1.54) is 0 Å². The number of nitrogen functional groups attached to an aromatic ring is 1. The number of nitrogens with one attached hydrogen (secondary N) is 2. The normalized spacial score (nSPS) is 17.1. The summed E-state index contributed by atoms with van der Waals surface area (Å²) in [7, 11) is 0. The summed E-state index contributed by atoms with van der Waals surface area (Å²) in [5.74, 6) is -0.913. The summed E-state index contributed by atoms with van der Waals surface area (Å²) in [5, 5.41) is 11.2. The van der Waals surface area contributed by atoms with Crippen LogP contribution in [-0.2, 0) is 4.79 Å². The van der Waals surface area contributed by atoms with Crippen LogP contribution in [-0.4, -0.2) is 40.3 Å². The number of aliphatic carboxylic acids is 1. The summed E-state index contributed by atoms with van der Waals surface area (Å²) >= 11 is 0. The van der Waals surface area contributed by atoms with E-state index in [1.807, 2.05) is 0 Å². The van der Waals surface area contributed by atoms with E-state index in [9.17, 15) is 9.59 Å². The highest BCUT2D eigenvalue weighted by Crippen LogP contribution is 2.26. The summed E-state index contributed by atoms with van der Waals surface area (Å²) in [5.41, 5.74) is 5.46. The maximum atomic E-state index is 11.6. The minimum Gasteiger partial charge on any atom is -0.480 e. The number of aromatic nitrogens is 2. The highest BCUT2D eigenvalue weighted by Gasteiger charge is 2.24. The summed E-state index contributed by atoms with van der Waals surface area (Å²) in [4.78, 5) is 32.2. The summed E-state index contributed by atoms with van der Waals surface area (Å²) in [6.07, 6.45) is 1.56. The lowest BCUT2D eigenvalue weighted by Gasteiger charge is -2.08. The van der Waals surface area contributed by atoms with Crippen LogP contribution in [0.1, 0.15) is 11.5 Å². The molecule has 0 saturated heterocycles. The first-order chi connectivity index (χ1) is 8.08. The first kappa shape index (κ1) is 11.3. The SMILES string of the molecule is Nc1nc2c(c(=O)[nH]1)C(CNCC(=O)O)C=N2. The molecule has 0 spiro atoms. The Labute approximate surface area is 95.6 Å². The summed E-state index contributed by atoms with van der Waals surface area (Å²) < 4.78 is 0. The van der Waals surface area contributed by atoms with Crippen LogP contribution >= 0.6 is 0 Å². The molecule has 0 aliphatic carbocycles. The smallest absolute Gasteiger partial charge is 0.317 e. The van der Waals surface area contributed by atoms with Crippen molar-refractivity contribution in [3.8, 4) is 0 Å². The fourth-order valence-electron chi connectivity index (χ4n) is 1.64. The van der Waals surface area contributed by atoms with E-state index in [0.29, 0.717) is 17.9 Å². The van der Waals surface area contributed by atoms with Gasteiger partial charge in [0.2, 0.25) is 5.95 Å². The van der Waals surface area contributed by atoms with E-state index in [4.69, 9.17) is 10.8 Å². The van der Waals surface area contributed by atoms with Crippen LogP contribution in [0.3, 0.4) is 0 Å². The van der Waals surface area contributed by atoms with E-state index in [-0.39, 0.29) is 24.0 Å². The number of carboxylic acid groups (broad SMARTS) is 1. The lowest BCUT2D eigenvalue weighted by molar-refractivity contribution is -0.135. The first-order valence-corrected chi connectivity index (χ1v) is 4.94. The molecule has 1 aromatic rings. The molecule has 1 aliphatic heterocycles. The van der Waals surface area contributed by atoms with Crippen LogP contribution in [0.15, 0.2) is 9.79 Å². The number of hydrogen-bond donors (Lipinski definition) is 4. The molecule has 0 saturated carbocycles. The van der Waals surface area contributed by atoms with Crippen LogP contribution < -0.4 is 16.6 Å². The van der Waals surface area contributed by atoms with Crippen molar-refractivity contribution in [3.05, 3.63) is 15.9 Å². The lowest BCUT2D eigenvalue weighted by atomic mass is 10.1. The van der Waals surface area contributed by atoms with Crippen molar-refractivity contribution in [2.45, 2.75) is 5.92 Å². The Morgan fingerprint density at radius 3 is 3.12 bits per heavy atom. The second-order valence-electron chi connectivity index (χ2n) is 3.60. The standard InChI is InChI=1S/C9H11N5O3/c10-9-13-7-6(8(17)14-9)4(2-12-7)1-11-3-5(15)16/h2,4,11H,1,3H2,(H,15,16)(H3,10,13,14,17). The Kier molecular flexibility index (Phi) is 2.88. The monoisotopic (exact) mass is 237 g/mol. The van der Waals surface area contributed by atoms with Crippen molar-refractivity contribution in [2.75, 3.05) is 18.8 Å². The summed E-state index contributed by atoms with van der Waals surface area (Å²) in [6.45, 7) is 0.150. The number of anilines is 1. The minimum atomic E-state index is -0.954. The van der Waals surface area contributed by atoms with Gasteiger partial charge in [0.05, 0.1) is 12.1 Å². The predicted molar refractivity (Wildman–Crippen MR) is 60.7 cm³/mol. The zero-order valence-electron chi connectivity index (χ0n) is 8.80. The van der Waals surface area contributed by atoms with Gasteiger partial charge in [-0.1, -0.05) is 0 Å². The molecule has 8 heteroatoms. The number of rotatable bonds is 4. The van der Waals surface area contributed by atoms with Crippen molar-refractivity contribution >= 4 is 24.0 Å². The number of nitrogens with two attached hydrogens (primary N) is 1. The van der Waals surface area contributed by atoms with E-state index < -0.39 is 5.97 Å². The number of H-pyrrole nitrogens is 1. The van der Waals surface area contributed by atoms with E-state index in [2.05, 4.69) is 20.3 Å². The number of aromatic amines is 1. The second kappa shape index (κ2) is 4.34. The molecule has 0 bridgehead atoms. The van der Waals surface area contributed by atoms with Crippen LogP contribution in [0, 0.1) is 0 Å². The maximum Gasteiger partial charge on any atom is 0.317 e. The second-order valence-corrected chi connectivity index (χ2v) is 3.60. The van der Waals surface area contributed by atoms with Gasteiger partial charge in [-0.3, -0.25) is 14.6 Å². The largest absolute Gasteiger partial charge is 0.480 e. The zero-order valence-corrected chi connectivity index (χ0v) is 8.80. The van der Waals surface area contributed by atoms with Gasteiger partial charge in [0.1, 0.15) is 0 Å². The average molecular weight is 237 g/mol. The lowest BCUT2D eigenvalue weighted by Crippen LogP contribution is -2.29. The third-order valence-electron chi connectivity index (χ3n) is 2.34. The molecule has 2 rings (SSSR count). The molecule has 1 aromatic heterocycles. The molecular weight excluding hydrogens is 226 g/mol.